The molecule has 0 bridgehead atoms. The SMILES string of the molecule is OC(CN1CCCCC1)CN1C(C=Cc2ccccc2)=NOC1O. The van der Waals surface area contributed by atoms with Gasteiger partial charge in [0, 0.05) is 6.54 Å². The van der Waals surface area contributed by atoms with Crippen LogP contribution in [0.25, 0.3) is 6.08 Å². The minimum Gasteiger partial charge on any atom is -0.390 e. The Bertz CT molecular complexity index is 570. The van der Waals surface area contributed by atoms with E-state index in [1.807, 2.05) is 36.4 Å². The summed E-state index contributed by atoms with van der Waals surface area (Å²) < 4.78 is 0. The van der Waals surface area contributed by atoms with Crippen LogP contribution in [0.2, 0.25) is 0 Å². The van der Waals surface area contributed by atoms with Crippen molar-refractivity contribution in [2.45, 2.75) is 31.8 Å². The number of nitrogens with zero attached hydrogens (tertiary/aromatic N) is 3. The van der Waals surface area contributed by atoms with Crippen LogP contribution in [-0.2, 0) is 4.84 Å². The summed E-state index contributed by atoms with van der Waals surface area (Å²) in [5.41, 5.74) is 1.04. The Morgan fingerprint density at radius 3 is 2.62 bits per heavy atom. The topological polar surface area (TPSA) is 68.5 Å². The summed E-state index contributed by atoms with van der Waals surface area (Å²) in [4.78, 5) is 8.80. The number of β-amino-alcohol motifs (C(OH)–C–C–N with tert-alkyl or cyclic N) is 1. The molecule has 0 saturated carbocycles. The van der Waals surface area contributed by atoms with Crippen LogP contribution in [0.3, 0.4) is 0 Å². The highest BCUT2D eigenvalue weighted by Gasteiger charge is 2.29. The van der Waals surface area contributed by atoms with Gasteiger partial charge in [0.05, 0.1) is 12.6 Å². The summed E-state index contributed by atoms with van der Waals surface area (Å²) in [6.45, 7) is 2.96. The molecule has 130 valence electrons. The van der Waals surface area contributed by atoms with Crippen LogP contribution in [0, 0.1) is 0 Å². The Morgan fingerprint density at radius 2 is 1.88 bits per heavy atom. The maximum atomic E-state index is 10.4. The van der Waals surface area contributed by atoms with Gasteiger partial charge in [0.15, 0.2) is 5.84 Å². The number of amidine groups is 1. The molecule has 2 atom stereocenters. The van der Waals surface area contributed by atoms with Crippen LogP contribution in [-0.4, -0.2) is 64.5 Å². The lowest BCUT2D eigenvalue weighted by atomic mass is 10.1. The second kappa shape index (κ2) is 8.28. The normalized spacial score (nSPS) is 23.3. The molecular formula is C18H25N3O3. The van der Waals surface area contributed by atoms with Gasteiger partial charge in [-0.3, -0.25) is 4.90 Å². The summed E-state index contributed by atoms with van der Waals surface area (Å²) in [5.74, 6) is 0.518. The van der Waals surface area contributed by atoms with E-state index in [9.17, 15) is 10.2 Å². The van der Waals surface area contributed by atoms with E-state index >= 15 is 0 Å². The van der Waals surface area contributed by atoms with Gasteiger partial charge in [0.25, 0.3) is 0 Å². The number of hydrogen-bond donors (Lipinski definition) is 2. The van der Waals surface area contributed by atoms with Crippen molar-refractivity contribution < 1.29 is 15.1 Å². The first-order valence-corrected chi connectivity index (χ1v) is 8.54. The molecule has 6 heteroatoms. The Kier molecular flexibility index (Phi) is 5.85. The summed E-state index contributed by atoms with van der Waals surface area (Å²) in [6.07, 6.45) is 5.64. The monoisotopic (exact) mass is 331 g/mol. The van der Waals surface area contributed by atoms with E-state index in [0.29, 0.717) is 12.4 Å². The Balaban J connectivity index is 1.56. The molecule has 1 fully saturated rings. The van der Waals surface area contributed by atoms with E-state index in [4.69, 9.17) is 4.84 Å². The first-order chi connectivity index (χ1) is 11.7. The van der Waals surface area contributed by atoms with Crippen LogP contribution in [0.4, 0.5) is 0 Å². The molecule has 2 aliphatic heterocycles. The molecule has 2 heterocycles. The number of likely N-dealkylation sites (tertiary alicyclic amines) is 1. The maximum absolute atomic E-state index is 10.4. The van der Waals surface area contributed by atoms with Gasteiger partial charge in [-0.1, -0.05) is 48.0 Å². The van der Waals surface area contributed by atoms with Crippen molar-refractivity contribution in [1.82, 2.24) is 9.80 Å². The molecule has 0 amide bonds. The van der Waals surface area contributed by atoms with Crippen molar-refractivity contribution in [2.75, 3.05) is 26.2 Å². The molecule has 2 aliphatic rings. The van der Waals surface area contributed by atoms with E-state index < -0.39 is 12.5 Å². The molecule has 0 aromatic heterocycles. The molecule has 0 radical (unpaired) electrons. The summed E-state index contributed by atoms with van der Waals surface area (Å²) in [6, 6.07) is 9.85. The Labute approximate surface area is 142 Å². The molecule has 0 spiro atoms. The highest BCUT2D eigenvalue weighted by atomic mass is 16.7. The summed E-state index contributed by atoms with van der Waals surface area (Å²) >= 11 is 0. The van der Waals surface area contributed by atoms with Crippen molar-refractivity contribution in [3.05, 3.63) is 42.0 Å². The van der Waals surface area contributed by atoms with Crippen molar-refractivity contribution in [3.63, 3.8) is 0 Å². The van der Waals surface area contributed by atoms with Crippen molar-refractivity contribution in [3.8, 4) is 0 Å². The summed E-state index contributed by atoms with van der Waals surface area (Å²) in [5, 5.41) is 24.2. The lowest BCUT2D eigenvalue weighted by molar-refractivity contribution is -0.151. The van der Waals surface area contributed by atoms with Gasteiger partial charge in [-0.25, -0.2) is 0 Å². The molecule has 6 nitrogen and oxygen atoms in total. The Morgan fingerprint density at radius 1 is 1.12 bits per heavy atom. The smallest absolute Gasteiger partial charge is 0.307 e. The van der Waals surface area contributed by atoms with Gasteiger partial charge >= 0.3 is 6.41 Å². The molecule has 0 aliphatic carbocycles. The van der Waals surface area contributed by atoms with E-state index in [1.165, 1.54) is 19.3 Å². The van der Waals surface area contributed by atoms with E-state index in [-0.39, 0.29) is 6.54 Å². The van der Waals surface area contributed by atoms with Crippen LogP contribution in [0.15, 0.2) is 41.6 Å². The first kappa shape index (κ1) is 17.0. The van der Waals surface area contributed by atoms with Crippen LogP contribution in [0.5, 0.6) is 0 Å². The number of benzene rings is 1. The fourth-order valence-corrected chi connectivity index (χ4v) is 3.09. The lowest BCUT2D eigenvalue weighted by Crippen LogP contribution is -2.45. The minimum absolute atomic E-state index is 0.287. The predicted molar refractivity (Wildman–Crippen MR) is 93.0 cm³/mol. The van der Waals surface area contributed by atoms with Crippen molar-refractivity contribution in [1.29, 1.82) is 0 Å². The molecule has 24 heavy (non-hydrogen) atoms. The number of aliphatic hydroxyl groups excluding tert-OH is 2. The highest BCUT2D eigenvalue weighted by Crippen LogP contribution is 2.15. The quantitative estimate of drug-likeness (QED) is 0.826. The Hall–Kier alpha value is -1.89. The zero-order valence-electron chi connectivity index (χ0n) is 13.8. The van der Waals surface area contributed by atoms with Crippen molar-refractivity contribution in [2.24, 2.45) is 5.16 Å². The molecule has 2 N–H and O–H groups in total. The molecule has 1 aromatic rings. The number of aliphatic hydroxyl groups is 2. The zero-order valence-corrected chi connectivity index (χ0v) is 13.8. The molecule has 1 aromatic carbocycles. The highest BCUT2D eigenvalue weighted by molar-refractivity contribution is 5.96. The van der Waals surface area contributed by atoms with Gasteiger partial charge in [-0.2, -0.15) is 0 Å². The van der Waals surface area contributed by atoms with Gasteiger partial charge in [-0.05, 0) is 37.6 Å². The minimum atomic E-state index is -1.14. The second-order valence-electron chi connectivity index (χ2n) is 6.29. The van der Waals surface area contributed by atoms with Crippen LogP contribution < -0.4 is 0 Å². The number of piperidine rings is 1. The molecule has 1 saturated heterocycles. The second-order valence-corrected chi connectivity index (χ2v) is 6.29. The van der Waals surface area contributed by atoms with E-state index in [2.05, 4.69) is 10.1 Å². The first-order valence-electron chi connectivity index (χ1n) is 8.54. The fraction of sp³-hybridized carbons (Fsp3) is 0.500. The molecular weight excluding hydrogens is 306 g/mol. The number of hydrogen-bond acceptors (Lipinski definition) is 6. The van der Waals surface area contributed by atoms with Gasteiger partial charge in [0.2, 0.25) is 0 Å². The van der Waals surface area contributed by atoms with Crippen LogP contribution >= 0.6 is 0 Å². The number of oxime groups is 1. The maximum Gasteiger partial charge on any atom is 0.307 e. The standard InChI is InChI=1S/C18H25N3O3/c22-16(13-20-11-5-2-6-12-20)14-21-17(19-24-18(21)23)10-9-15-7-3-1-4-8-15/h1,3-4,7-10,16,18,22-23H,2,5-6,11-14H2. The third kappa shape index (κ3) is 4.56. The number of rotatable bonds is 6. The van der Waals surface area contributed by atoms with E-state index in [1.54, 1.807) is 11.0 Å². The van der Waals surface area contributed by atoms with Crippen molar-refractivity contribution >= 4 is 11.9 Å². The third-order valence-corrected chi connectivity index (χ3v) is 4.35. The van der Waals surface area contributed by atoms with E-state index in [0.717, 1.165) is 18.7 Å². The molecule has 2 unspecified atom stereocenters. The zero-order chi connectivity index (χ0) is 16.8. The largest absolute Gasteiger partial charge is 0.390 e. The average molecular weight is 331 g/mol. The van der Waals surface area contributed by atoms with Crippen LogP contribution in [0.1, 0.15) is 24.8 Å². The molecule has 3 rings (SSSR count). The lowest BCUT2D eigenvalue weighted by Gasteiger charge is -2.30. The predicted octanol–water partition coefficient (Wildman–Crippen LogP) is 1.47. The fourth-order valence-electron chi connectivity index (χ4n) is 3.09. The average Bonchev–Trinajstić information content (AvgIpc) is 2.95. The van der Waals surface area contributed by atoms with Gasteiger partial charge in [0.1, 0.15) is 0 Å². The van der Waals surface area contributed by atoms with Gasteiger partial charge in [-0.15, -0.1) is 0 Å². The third-order valence-electron chi connectivity index (χ3n) is 4.35. The summed E-state index contributed by atoms with van der Waals surface area (Å²) in [7, 11) is 0. The van der Waals surface area contributed by atoms with Gasteiger partial charge < -0.3 is 20.0 Å².